The molecule has 1 rings (SSSR count). The Bertz CT molecular complexity index is 218. The Hall–Kier alpha value is -0.650. The number of hydrogen-bond donors (Lipinski definition) is 2. The zero-order valence-corrected chi connectivity index (χ0v) is 10.8. The molecule has 0 aromatic rings. The van der Waals surface area contributed by atoms with Crippen LogP contribution in [0.5, 0.6) is 0 Å². The molecule has 1 saturated heterocycles. The highest BCUT2D eigenvalue weighted by Crippen LogP contribution is 2.13. The smallest absolute Gasteiger partial charge is 0.233 e. The quantitative estimate of drug-likeness (QED) is 0.298. The zero-order chi connectivity index (χ0) is 12.5. The van der Waals surface area contributed by atoms with Crippen LogP contribution in [0.1, 0.15) is 38.5 Å². The lowest BCUT2D eigenvalue weighted by atomic mass is 10.1. The maximum Gasteiger partial charge on any atom is 0.233 e. The van der Waals surface area contributed by atoms with Crippen LogP contribution >= 0.6 is 0 Å². The summed E-state index contributed by atoms with van der Waals surface area (Å²) in [7, 11) is 2.18. The number of rotatable bonds is 7. The number of hydrogen-bond acceptors (Lipinski definition) is 4. The topological polar surface area (TPSA) is 67.6 Å². The van der Waals surface area contributed by atoms with Gasteiger partial charge in [0.1, 0.15) is 0 Å². The molecule has 1 heterocycles. The number of hydrazine groups is 1. The average molecular weight is 243 g/mol. The molecule has 100 valence electrons. The molecule has 0 aliphatic carbocycles. The number of nitrogens with one attached hydrogen (secondary N) is 1. The molecule has 5 heteroatoms. The SMILES string of the molecule is CN(CCCCCC(=O)NN)C1CCOCC1. The van der Waals surface area contributed by atoms with Crippen LogP contribution in [-0.4, -0.2) is 43.7 Å². The van der Waals surface area contributed by atoms with E-state index in [-0.39, 0.29) is 5.91 Å². The lowest BCUT2D eigenvalue weighted by molar-refractivity contribution is -0.121. The third-order valence-electron chi connectivity index (χ3n) is 3.39. The molecule has 5 nitrogen and oxygen atoms in total. The zero-order valence-electron chi connectivity index (χ0n) is 10.8. The summed E-state index contributed by atoms with van der Waals surface area (Å²) in [5.41, 5.74) is 2.15. The normalized spacial score (nSPS) is 17.4. The predicted molar refractivity (Wildman–Crippen MR) is 67.3 cm³/mol. The van der Waals surface area contributed by atoms with Gasteiger partial charge in [-0.1, -0.05) is 6.42 Å². The van der Waals surface area contributed by atoms with Gasteiger partial charge in [-0.2, -0.15) is 0 Å². The fourth-order valence-electron chi connectivity index (χ4n) is 2.20. The van der Waals surface area contributed by atoms with Crippen LogP contribution < -0.4 is 11.3 Å². The van der Waals surface area contributed by atoms with Gasteiger partial charge in [-0.25, -0.2) is 5.84 Å². The molecular weight excluding hydrogens is 218 g/mol. The molecule has 0 spiro atoms. The maximum absolute atomic E-state index is 10.9. The Morgan fingerprint density at radius 1 is 1.35 bits per heavy atom. The molecule has 3 N–H and O–H groups in total. The Morgan fingerprint density at radius 3 is 2.71 bits per heavy atom. The van der Waals surface area contributed by atoms with Crippen molar-refractivity contribution in [3.63, 3.8) is 0 Å². The summed E-state index contributed by atoms with van der Waals surface area (Å²) in [5, 5.41) is 0. The van der Waals surface area contributed by atoms with Crippen LogP contribution in [0.3, 0.4) is 0 Å². The van der Waals surface area contributed by atoms with E-state index in [1.165, 1.54) is 0 Å². The molecule has 0 aromatic carbocycles. The van der Waals surface area contributed by atoms with E-state index in [1.54, 1.807) is 0 Å². The van der Waals surface area contributed by atoms with Gasteiger partial charge in [0.2, 0.25) is 5.91 Å². The molecule has 0 bridgehead atoms. The highest BCUT2D eigenvalue weighted by Gasteiger charge is 2.17. The van der Waals surface area contributed by atoms with Gasteiger partial charge >= 0.3 is 0 Å². The van der Waals surface area contributed by atoms with Crippen LogP contribution in [-0.2, 0) is 9.53 Å². The second-order valence-electron chi connectivity index (χ2n) is 4.70. The summed E-state index contributed by atoms with van der Waals surface area (Å²) in [6.45, 7) is 2.90. The van der Waals surface area contributed by atoms with Gasteiger partial charge in [0.05, 0.1) is 0 Å². The number of ether oxygens (including phenoxy) is 1. The van der Waals surface area contributed by atoms with Gasteiger partial charge in [0, 0.05) is 25.7 Å². The molecule has 1 fully saturated rings. The minimum Gasteiger partial charge on any atom is -0.381 e. The molecule has 1 amide bonds. The molecule has 0 atom stereocenters. The maximum atomic E-state index is 10.9. The molecule has 0 radical (unpaired) electrons. The number of nitrogens with zero attached hydrogens (tertiary/aromatic N) is 1. The van der Waals surface area contributed by atoms with Gasteiger partial charge in [-0.3, -0.25) is 10.2 Å². The summed E-state index contributed by atoms with van der Waals surface area (Å²) in [6, 6.07) is 0.677. The van der Waals surface area contributed by atoms with E-state index >= 15 is 0 Å². The lowest BCUT2D eigenvalue weighted by Gasteiger charge is -2.31. The van der Waals surface area contributed by atoms with Crippen LogP contribution in [0.25, 0.3) is 0 Å². The first-order valence-electron chi connectivity index (χ1n) is 6.51. The average Bonchev–Trinajstić information content (AvgIpc) is 2.38. The van der Waals surface area contributed by atoms with Crippen molar-refractivity contribution in [3.05, 3.63) is 0 Å². The van der Waals surface area contributed by atoms with Crippen LogP contribution in [0.4, 0.5) is 0 Å². The summed E-state index contributed by atoms with van der Waals surface area (Å²) in [5.74, 6) is 4.95. The minimum absolute atomic E-state index is 0.0669. The fraction of sp³-hybridized carbons (Fsp3) is 0.917. The van der Waals surface area contributed by atoms with E-state index in [4.69, 9.17) is 10.6 Å². The first-order chi connectivity index (χ1) is 8.24. The second kappa shape index (κ2) is 8.44. The van der Waals surface area contributed by atoms with Crippen LogP contribution in [0.15, 0.2) is 0 Å². The van der Waals surface area contributed by atoms with E-state index in [1.807, 2.05) is 0 Å². The Kier molecular flexibility index (Phi) is 7.16. The van der Waals surface area contributed by atoms with Crippen molar-refractivity contribution in [2.24, 2.45) is 5.84 Å². The first-order valence-corrected chi connectivity index (χ1v) is 6.51. The summed E-state index contributed by atoms with van der Waals surface area (Å²) in [6.07, 6.45) is 5.98. The third kappa shape index (κ3) is 6.00. The molecule has 17 heavy (non-hydrogen) atoms. The van der Waals surface area contributed by atoms with Crippen molar-refractivity contribution in [2.45, 2.75) is 44.6 Å². The van der Waals surface area contributed by atoms with Gasteiger partial charge in [-0.05, 0) is 39.3 Å². The van der Waals surface area contributed by atoms with E-state index in [0.717, 1.165) is 51.9 Å². The Labute approximate surface area is 104 Å². The van der Waals surface area contributed by atoms with Crippen molar-refractivity contribution in [1.29, 1.82) is 0 Å². The summed E-state index contributed by atoms with van der Waals surface area (Å²) < 4.78 is 5.35. The highest BCUT2D eigenvalue weighted by atomic mass is 16.5. The van der Waals surface area contributed by atoms with E-state index in [2.05, 4.69) is 17.4 Å². The van der Waals surface area contributed by atoms with Crippen molar-refractivity contribution >= 4 is 5.91 Å². The number of nitrogens with two attached hydrogens (primary N) is 1. The molecule has 0 aromatic heterocycles. The number of unbranched alkanes of at least 4 members (excludes halogenated alkanes) is 2. The predicted octanol–water partition coefficient (Wildman–Crippen LogP) is 0.648. The first kappa shape index (κ1) is 14.4. The number of amides is 1. The molecule has 1 aliphatic heterocycles. The fourth-order valence-corrected chi connectivity index (χ4v) is 2.20. The van der Waals surface area contributed by atoms with Crippen molar-refractivity contribution in [1.82, 2.24) is 10.3 Å². The molecule has 0 saturated carbocycles. The van der Waals surface area contributed by atoms with Gasteiger partial charge in [0.25, 0.3) is 0 Å². The summed E-state index contributed by atoms with van der Waals surface area (Å²) in [4.78, 5) is 13.3. The highest BCUT2D eigenvalue weighted by molar-refractivity contribution is 5.74. The van der Waals surface area contributed by atoms with Crippen molar-refractivity contribution in [2.75, 3.05) is 26.8 Å². The Balaban J connectivity index is 1.99. The lowest BCUT2D eigenvalue weighted by Crippen LogP contribution is -2.37. The molecule has 0 unspecified atom stereocenters. The van der Waals surface area contributed by atoms with Crippen LogP contribution in [0.2, 0.25) is 0 Å². The second-order valence-corrected chi connectivity index (χ2v) is 4.70. The number of carbonyl (C=O) groups excluding carboxylic acids is 1. The number of carbonyl (C=O) groups is 1. The third-order valence-corrected chi connectivity index (χ3v) is 3.39. The van der Waals surface area contributed by atoms with Gasteiger partial charge in [0.15, 0.2) is 0 Å². The van der Waals surface area contributed by atoms with Crippen molar-refractivity contribution < 1.29 is 9.53 Å². The molecular formula is C12H25N3O2. The van der Waals surface area contributed by atoms with E-state index < -0.39 is 0 Å². The van der Waals surface area contributed by atoms with Gasteiger partial charge in [-0.15, -0.1) is 0 Å². The van der Waals surface area contributed by atoms with Crippen molar-refractivity contribution in [3.8, 4) is 0 Å². The van der Waals surface area contributed by atoms with Gasteiger partial charge < -0.3 is 9.64 Å². The monoisotopic (exact) mass is 243 g/mol. The Morgan fingerprint density at radius 2 is 2.06 bits per heavy atom. The molecule has 1 aliphatic rings. The van der Waals surface area contributed by atoms with E-state index in [0.29, 0.717) is 12.5 Å². The van der Waals surface area contributed by atoms with E-state index in [9.17, 15) is 4.79 Å². The largest absolute Gasteiger partial charge is 0.381 e. The van der Waals surface area contributed by atoms with Crippen LogP contribution in [0, 0.1) is 0 Å². The minimum atomic E-state index is -0.0669. The standard InChI is InChI=1S/C12H25N3O2/c1-15(11-6-9-17-10-7-11)8-4-2-3-5-12(16)14-13/h11H,2-10,13H2,1H3,(H,14,16). The summed E-state index contributed by atoms with van der Waals surface area (Å²) >= 11 is 0.